The number of hydrogen-bond acceptors (Lipinski definition) is 4. The minimum absolute atomic E-state index is 0.144. The molecule has 3 rings (SSSR count). The van der Waals surface area contributed by atoms with Crippen molar-refractivity contribution in [3.63, 3.8) is 0 Å². The van der Waals surface area contributed by atoms with E-state index in [-0.39, 0.29) is 23.8 Å². The first-order valence-electron chi connectivity index (χ1n) is 8.37. The fourth-order valence-electron chi connectivity index (χ4n) is 2.65. The van der Waals surface area contributed by atoms with E-state index < -0.39 is 5.97 Å². The zero-order valence-corrected chi connectivity index (χ0v) is 16.2. The van der Waals surface area contributed by atoms with Gasteiger partial charge < -0.3 is 4.74 Å². The van der Waals surface area contributed by atoms with Crippen molar-refractivity contribution >= 4 is 32.7 Å². The van der Waals surface area contributed by atoms with E-state index in [1.807, 2.05) is 38.1 Å². The molecule has 0 N–H and O–H groups in total. The van der Waals surface area contributed by atoms with Gasteiger partial charge in [-0.1, -0.05) is 60.1 Å². The molecule has 5 nitrogen and oxygen atoms in total. The maximum Gasteiger partial charge on any atom is 0.359 e. The molecule has 0 atom stereocenters. The summed E-state index contributed by atoms with van der Waals surface area (Å²) in [4.78, 5) is 25.2. The number of carbonyl (C=O) groups is 1. The second-order valence-corrected chi connectivity index (χ2v) is 7.39. The Morgan fingerprint density at radius 3 is 2.42 bits per heavy atom. The summed E-state index contributed by atoms with van der Waals surface area (Å²) < 4.78 is 7.74. The molecule has 134 valence electrons. The second-order valence-electron chi connectivity index (χ2n) is 6.48. The van der Waals surface area contributed by atoms with Crippen LogP contribution in [0, 0.1) is 5.92 Å². The molecule has 1 heterocycles. The van der Waals surface area contributed by atoms with Crippen LogP contribution in [0.5, 0.6) is 0 Å². The van der Waals surface area contributed by atoms with Gasteiger partial charge in [-0.25, -0.2) is 9.48 Å². The van der Waals surface area contributed by atoms with Crippen molar-refractivity contribution in [1.82, 2.24) is 9.78 Å². The van der Waals surface area contributed by atoms with E-state index in [4.69, 9.17) is 4.74 Å². The Morgan fingerprint density at radius 2 is 1.77 bits per heavy atom. The summed E-state index contributed by atoms with van der Waals surface area (Å²) >= 11 is 3.37. The summed E-state index contributed by atoms with van der Waals surface area (Å²) in [5.41, 5.74) is 0.845. The molecule has 0 amide bonds. The fraction of sp³-hybridized carbons (Fsp3) is 0.250. The van der Waals surface area contributed by atoms with E-state index in [1.165, 1.54) is 4.68 Å². The lowest BCUT2D eigenvalue weighted by Gasteiger charge is -2.12. The van der Waals surface area contributed by atoms with Gasteiger partial charge in [0.2, 0.25) is 0 Å². The van der Waals surface area contributed by atoms with Crippen LogP contribution in [0.3, 0.4) is 0 Å². The summed E-state index contributed by atoms with van der Waals surface area (Å²) in [6.45, 7) is 4.58. The summed E-state index contributed by atoms with van der Waals surface area (Å²) in [5.74, 6) is -0.311. The quantitative estimate of drug-likeness (QED) is 0.587. The average molecular weight is 415 g/mol. The van der Waals surface area contributed by atoms with Crippen molar-refractivity contribution in [2.75, 3.05) is 0 Å². The van der Waals surface area contributed by atoms with Crippen molar-refractivity contribution in [3.8, 4) is 0 Å². The SMILES string of the molecule is CC(C)Cn1nc(C(=O)OCc2ccc(Br)cc2)c2ccccc2c1=O. The third-order valence-corrected chi connectivity index (χ3v) is 4.41. The first-order valence-corrected chi connectivity index (χ1v) is 9.16. The lowest BCUT2D eigenvalue weighted by atomic mass is 10.1. The number of aromatic nitrogens is 2. The number of nitrogens with zero attached hydrogens (tertiary/aromatic N) is 2. The Morgan fingerprint density at radius 1 is 1.12 bits per heavy atom. The molecule has 0 radical (unpaired) electrons. The summed E-state index contributed by atoms with van der Waals surface area (Å²) in [7, 11) is 0. The third kappa shape index (κ3) is 4.02. The molecule has 1 aromatic heterocycles. The molecule has 3 aromatic rings. The highest BCUT2D eigenvalue weighted by Crippen LogP contribution is 2.16. The van der Waals surface area contributed by atoms with Crippen molar-refractivity contribution in [1.29, 1.82) is 0 Å². The molecule has 0 saturated carbocycles. The summed E-state index contributed by atoms with van der Waals surface area (Å²) in [6, 6.07) is 14.5. The molecule has 0 aliphatic heterocycles. The van der Waals surface area contributed by atoms with Gasteiger partial charge in [-0.2, -0.15) is 5.10 Å². The highest BCUT2D eigenvalue weighted by molar-refractivity contribution is 9.10. The predicted octanol–water partition coefficient (Wildman–Crippen LogP) is 4.17. The van der Waals surface area contributed by atoms with Crippen molar-refractivity contribution < 1.29 is 9.53 Å². The number of esters is 1. The van der Waals surface area contributed by atoms with E-state index in [9.17, 15) is 9.59 Å². The van der Waals surface area contributed by atoms with Crippen LogP contribution in [0.25, 0.3) is 10.8 Å². The Bertz CT molecular complexity index is 994. The van der Waals surface area contributed by atoms with E-state index in [1.54, 1.807) is 24.3 Å². The van der Waals surface area contributed by atoms with Crippen LogP contribution in [0.1, 0.15) is 29.9 Å². The summed E-state index contributed by atoms with van der Waals surface area (Å²) in [5, 5.41) is 5.27. The molecule has 0 spiro atoms. The first kappa shape index (κ1) is 18.3. The van der Waals surface area contributed by atoms with Gasteiger partial charge in [0.25, 0.3) is 5.56 Å². The molecule has 0 fully saturated rings. The van der Waals surface area contributed by atoms with Crippen LogP contribution in [-0.2, 0) is 17.9 Å². The van der Waals surface area contributed by atoms with Crippen LogP contribution in [0.4, 0.5) is 0 Å². The normalized spacial score (nSPS) is 11.1. The zero-order valence-electron chi connectivity index (χ0n) is 14.6. The molecule has 6 heteroatoms. The monoisotopic (exact) mass is 414 g/mol. The number of hydrogen-bond donors (Lipinski definition) is 0. The fourth-order valence-corrected chi connectivity index (χ4v) is 2.92. The Labute approximate surface area is 159 Å². The Hall–Kier alpha value is -2.47. The van der Waals surface area contributed by atoms with E-state index in [2.05, 4.69) is 21.0 Å². The van der Waals surface area contributed by atoms with E-state index in [0.29, 0.717) is 17.3 Å². The first-order chi connectivity index (χ1) is 12.5. The molecular weight excluding hydrogens is 396 g/mol. The minimum Gasteiger partial charge on any atom is -0.456 e. The number of ether oxygens (including phenoxy) is 1. The van der Waals surface area contributed by atoms with Crippen LogP contribution < -0.4 is 5.56 Å². The topological polar surface area (TPSA) is 61.2 Å². The minimum atomic E-state index is -0.540. The van der Waals surface area contributed by atoms with Crippen LogP contribution in [-0.4, -0.2) is 15.7 Å². The largest absolute Gasteiger partial charge is 0.456 e. The van der Waals surface area contributed by atoms with Gasteiger partial charge in [0, 0.05) is 16.4 Å². The smallest absolute Gasteiger partial charge is 0.359 e. The maximum atomic E-state index is 12.6. The van der Waals surface area contributed by atoms with Crippen LogP contribution in [0.15, 0.2) is 57.8 Å². The molecule has 0 unspecified atom stereocenters. The number of fused-ring (bicyclic) bond motifs is 1. The lowest BCUT2D eigenvalue weighted by molar-refractivity contribution is 0.0465. The van der Waals surface area contributed by atoms with Gasteiger partial charge in [-0.15, -0.1) is 0 Å². The number of benzene rings is 2. The molecule has 26 heavy (non-hydrogen) atoms. The van der Waals surface area contributed by atoms with Gasteiger partial charge in [-0.3, -0.25) is 4.79 Å². The highest BCUT2D eigenvalue weighted by Gasteiger charge is 2.18. The van der Waals surface area contributed by atoms with Gasteiger partial charge in [0.05, 0.1) is 5.39 Å². The lowest BCUT2D eigenvalue weighted by Crippen LogP contribution is -2.28. The third-order valence-electron chi connectivity index (χ3n) is 3.88. The number of carbonyl (C=O) groups excluding carboxylic acids is 1. The van der Waals surface area contributed by atoms with Gasteiger partial charge in [0.15, 0.2) is 5.69 Å². The molecule has 0 bridgehead atoms. The Balaban J connectivity index is 1.94. The predicted molar refractivity (Wildman–Crippen MR) is 104 cm³/mol. The average Bonchev–Trinajstić information content (AvgIpc) is 2.63. The number of halogens is 1. The molecule has 0 saturated heterocycles. The highest BCUT2D eigenvalue weighted by atomic mass is 79.9. The van der Waals surface area contributed by atoms with E-state index in [0.717, 1.165) is 10.0 Å². The zero-order chi connectivity index (χ0) is 18.7. The molecule has 0 aliphatic rings. The molecule has 2 aromatic carbocycles. The van der Waals surface area contributed by atoms with Crippen molar-refractivity contribution in [2.45, 2.75) is 27.0 Å². The van der Waals surface area contributed by atoms with Crippen molar-refractivity contribution in [2.24, 2.45) is 5.92 Å². The molecular formula is C20H19BrN2O3. The van der Waals surface area contributed by atoms with Gasteiger partial charge in [0.1, 0.15) is 6.61 Å². The standard InChI is InChI=1S/C20H19BrN2O3/c1-13(2)11-23-19(24)17-6-4-3-5-16(17)18(22-23)20(25)26-12-14-7-9-15(21)10-8-14/h3-10,13H,11-12H2,1-2H3. The molecule has 0 aliphatic carbocycles. The van der Waals surface area contributed by atoms with Gasteiger partial charge in [-0.05, 0) is 29.7 Å². The van der Waals surface area contributed by atoms with Crippen LogP contribution >= 0.6 is 15.9 Å². The second kappa shape index (κ2) is 7.83. The Kier molecular flexibility index (Phi) is 5.52. The van der Waals surface area contributed by atoms with Gasteiger partial charge >= 0.3 is 5.97 Å². The van der Waals surface area contributed by atoms with Crippen molar-refractivity contribution in [3.05, 3.63) is 74.6 Å². The maximum absolute atomic E-state index is 12.6. The van der Waals surface area contributed by atoms with Crippen LogP contribution in [0.2, 0.25) is 0 Å². The summed E-state index contributed by atoms with van der Waals surface area (Å²) in [6.07, 6.45) is 0. The number of rotatable bonds is 5. The van der Waals surface area contributed by atoms with E-state index >= 15 is 0 Å².